The van der Waals surface area contributed by atoms with Gasteiger partial charge in [-0.05, 0) is 67.7 Å². The Morgan fingerprint density at radius 3 is 1.85 bits per heavy atom. The molecule has 0 N–H and O–H groups in total. The highest BCUT2D eigenvalue weighted by Gasteiger charge is 2.45. The van der Waals surface area contributed by atoms with Crippen molar-refractivity contribution in [2.75, 3.05) is 20.2 Å². The van der Waals surface area contributed by atoms with Gasteiger partial charge in [0.15, 0.2) is 9.84 Å². The molecule has 1 heterocycles. The van der Waals surface area contributed by atoms with E-state index in [1.54, 1.807) is 25.9 Å². The Balaban J connectivity index is 1.87. The molecule has 0 aliphatic carbocycles. The lowest BCUT2D eigenvalue weighted by molar-refractivity contribution is 0.0674. The fourth-order valence-corrected chi connectivity index (χ4v) is 7.44. The lowest BCUT2D eigenvalue weighted by atomic mass is 9.78. The van der Waals surface area contributed by atoms with Crippen LogP contribution in [0, 0.1) is 5.92 Å². The van der Waals surface area contributed by atoms with Crippen LogP contribution < -0.4 is 4.74 Å². The highest BCUT2D eigenvalue weighted by molar-refractivity contribution is 7.92. The van der Waals surface area contributed by atoms with E-state index < -0.39 is 20.2 Å². The van der Waals surface area contributed by atoms with Crippen LogP contribution in [0.5, 0.6) is 5.75 Å². The van der Waals surface area contributed by atoms with Gasteiger partial charge in [0.05, 0.1) is 16.8 Å². The first-order chi connectivity index (χ1) is 18.1. The SMILES string of the molecule is COc1c(C(C)(C)C)cc(C(=O)N2CCC(C(C)(C)S(=O)(=O)c3cccc(C(F)(F)P)c3)CC2)cc1C(C)(C)C. The molecule has 2 aromatic rings. The van der Waals surface area contributed by atoms with Gasteiger partial charge in [0.2, 0.25) is 0 Å². The van der Waals surface area contributed by atoms with Gasteiger partial charge >= 0.3 is 0 Å². The zero-order valence-electron chi connectivity index (χ0n) is 25.2. The number of ether oxygens (including phenoxy) is 1. The summed E-state index contributed by atoms with van der Waals surface area (Å²) in [6, 6.07) is 8.85. The number of hydrogen-bond acceptors (Lipinski definition) is 4. The Morgan fingerprint density at radius 2 is 1.43 bits per heavy atom. The normalized spacial score (nSPS) is 16.2. The van der Waals surface area contributed by atoms with Crippen LogP contribution in [0.15, 0.2) is 41.3 Å². The summed E-state index contributed by atoms with van der Waals surface area (Å²) in [6.07, 6.45) is 0.984. The molecule has 2 aromatic carbocycles. The maximum Gasteiger partial charge on any atom is 0.283 e. The van der Waals surface area contributed by atoms with Crippen molar-refractivity contribution < 1.29 is 26.7 Å². The molecule has 1 atom stereocenters. The van der Waals surface area contributed by atoms with E-state index in [-0.39, 0.29) is 33.1 Å². The average molecular weight is 596 g/mol. The summed E-state index contributed by atoms with van der Waals surface area (Å²) in [4.78, 5) is 15.4. The molecular weight excluding hydrogens is 551 g/mol. The molecule has 0 radical (unpaired) electrons. The predicted molar refractivity (Wildman–Crippen MR) is 160 cm³/mol. The van der Waals surface area contributed by atoms with Crippen LogP contribution in [0.25, 0.3) is 0 Å². The predicted octanol–water partition coefficient (Wildman–Crippen LogP) is 7.32. The zero-order chi connectivity index (χ0) is 30.5. The average Bonchev–Trinajstić information content (AvgIpc) is 2.85. The van der Waals surface area contributed by atoms with E-state index in [1.165, 1.54) is 27.4 Å². The molecule has 1 unspecified atom stereocenters. The third kappa shape index (κ3) is 6.38. The van der Waals surface area contributed by atoms with E-state index in [0.717, 1.165) is 22.9 Å². The van der Waals surface area contributed by atoms with Gasteiger partial charge in [-0.1, -0.05) is 62.9 Å². The Morgan fingerprint density at radius 1 is 0.925 bits per heavy atom. The van der Waals surface area contributed by atoms with Gasteiger partial charge in [0.1, 0.15) is 5.75 Å². The second-order valence-electron chi connectivity index (χ2n) is 13.4. The number of carbonyl (C=O) groups is 1. The van der Waals surface area contributed by atoms with Gasteiger partial charge in [0.25, 0.3) is 11.6 Å². The quantitative estimate of drug-likeness (QED) is 0.329. The maximum absolute atomic E-state index is 13.9. The van der Waals surface area contributed by atoms with Crippen LogP contribution >= 0.6 is 9.24 Å². The summed E-state index contributed by atoms with van der Waals surface area (Å²) >= 11 is 0. The summed E-state index contributed by atoms with van der Waals surface area (Å²) in [7, 11) is -0.813. The van der Waals surface area contributed by atoms with Crippen molar-refractivity contribution >= 4 is 25.0 Å². The highest BCUT2D eigenvalue weighted by Crippen LogP contribution is 2.43. The van der Waals surface area contributed by atoms with E-state index in [4.69, 9.17) is 4.74 Å². The number of methoxy groups -OCH3 is 1. The van der Waals surface area contributed by atoms with Crippen LogP contribution in [-0.2, 0) is 26.3 Å². The van der Waals surface area contributed by atoms with Gasteiger partial charge in [-0.2, -0.15) is 8.78 Å². The molecule has 0 bridgehead atoms. The molecule has 222 valence electrons. The first-order valence-corrected chi connectivity index (χ1v) is 15.7. The second-order valence-corrected chi connectivity index (χ2v) is 16.7. The summed E-state index contributed by atoms with van der Waals surface area (Å²) in [5, 5.41) is 0. The Kier molecular flexibility index (Phi) is 8.91. The number of nitrogens with zero attached hydrogens (tertiary/aromatic N) is 1. The number of likely N-dealkylation sites (tertiary alicyclic amines) is 1. The van der Waals surface area contributed by atoms with Crippen LogP contribution in [0.4, 0.5) is 8.78 Å². The van der Waals surface area contributed by atoms with Gasteiger partial charge in [-0.15, -0.1) is 0 Å². The molecule has 0 spiro atoms. The fraction of sp³-hybridized carbons (Fsp3) is 0.581. The van der Waals surface area contributed by atoms with E-state index >= 15 is 0 Å². The molecule has 1 fully saturated rings. The number of sulfone groups is 1. The number of rotatable bonds is 6. The number of alkyl halides is 2. The maximum atomic E-state index is 13.9. The largest absolute Gasteiger partial charge is 0.496 e. The summed E-state index contributed by atoms with van der Waals surface area (Å²) in [6.45, 7) is 16.7. The molecule has 40 heavy (non-hydrogen) atoms. The number of halogens is 2. The molecule has 0 aromatic heterocycles. The van der Waals surface area contributed by atoms with Crippen molar-refractivity contribution in [2.45, 2.75) is 94.4 Å². The zero-order valence-corrected chi connectivity index (χ0v) is 27.2. The molecule has 1 saturated heterocycles. The first kappa shape index (κ1) is 32.5. The summed E-state index contributed by atoms with van der Waals surface area (Å²) in [5.41, 5.74) is -1.55. The van der Waals surface area contributed by atoms with Gasteiger partial charge in [-0.25, -0.2) is 8.42 Å². The number of benzene rings is 2. The standard InChI is InChI=1S/C31H44F2NO4PS/c1-28(2,3)24-17-20(18-25(26(24)38-9)29(4,5)6)27(35)34-15-13-21(14-16-34)30(7,8)40(36,37)23-12-10-11-22(19-23)31(32,33)39/h10-12,17-19,21H,13-16,39H2,1-9H3. The lowest BCUT2D eigenvalue weighted by Crippen LogP contribution is -2.47. The minimum Gasteiger partial charge on any atom is -0.496 e. The molecule has 1 amide bonds. The van der Waals surface area contributed by atoms with Crippen molar-refractivity contribution in [3.8, 4) is 5.75 Å². The van der Waals surface area contributed by atoms with Crippen molar-refractivity contribution in [1.29, 1.82) is 0 Å². The Hall–Kier alpha value is -2.05. The van der Waals surface area contributed by atoms with Gasteiger partial charge < -0.3 is 9.64 Å². The van der Waals surface area contributed by atoms with Crippen molar-refractivity contribution in [1.82, 2.24) is 4.90 Å². The molecule has 1 aliphatic heterocycles. The van der Waals surface area contributed by atoms with Gasteiger partial charge in [0, 0.05) is 35.3 Å². The highest BCUT2D eigenvalue weighted by atomic mass is 32.2. The fourth-order valence-electron chi connectivity index (χ4n) is 5.44. The Bertz CT molecular complexity index is 1330. The first-order valence-electron chi connectivity index (χ1n) is 13.7. The van der Waals surface area contributed by atoms with Crippen LogP contribution in [0.2, 0.25) is 0 Å². The molecule has 1 aliphatic rings. The second kappa shape index (κ2) is 11.0. The Labute approximate surface area is 241 Å². The minimum atomic E-state index is -3.92. The minimum absolute atomic E-state index is 0.0897. The smallest absolute Gasteiger partial charge is 0.283 e. The van der Waals surface area contributed by atoms with E-state index in [0.29, 0.717) is 31.5 Å². The van der Waals surface area contributed by atoms with E-state index in [2.05, 4.69) is 41.5 Å². The molecule has 0 saturated carbocycles. The van der Waals surface area contributed by atoms with Crippen LogP contribution in [0.3, 0.4) is 0 Å². The molecule has 9 heteroatoms. The van der Waals surface area contributed by atoms with Crippen molar-refractivity contribution in [3.63, 3.8) is 0 Å². The molecule has 3 rings (SSSR count). The van der Waals surface area contributed by atoms with Crippen LogP contribution in [0.1, 0.15) is 95.3 Å². The van der Waals surface area contributed by atoms with Crippen molar-refractivity contribution in [2.24, 2.45) is 5.92 Å². The van der Waals surface area contributed by atoms with Crippen molar-refractivity contribution in [3.05, 3.63) is 58.7 Å². The van der Waals surface area contributed by atoms with Gasteiger partial charge in [-0.3, -0.25) is 4.79 Å². The number of hydrogen-bond donors (Lipinski definition) is 0. The summed E-state index contributed by atoms with van der Waals surface area (Å²) < 4.78 is 59.7. The number of carbonyl (C=O) groups excluding carboxylic acids is 1. The van der Waals surface area contributed by atoms with E-state index in [1.807, 2.05) is 12.1 Å². The third-order valence-corrected chi connectivity index (χ3v) is 11.1. The summed E-state index contributed by atoms with van der Waals surface area (Å²) in [5.74, 6) is 0.465. The number of piperidine rings is 1. The molecular formula is C31H44F2NO4PS. The monoisotopic (exact) mass is 595 g/mol. The number of amides is 1. The molecule has 5 nitrogen and oxygen atoms in total. The topological polar surface area (TPSA) is 63.7 Å². The lowest BCUT2D eigenvalue weighted by Gasteiger charge is -2.40. The van der Waals surface area contributed by atoms with Crippen LogP contribution in [-0.4, -0.2) is 44.2 Å². The third-order valence-electron chi connectivity index (χ3n) is 8.14. The van der Waals surface area contributed by atoms with E-state index in [9.17, 15) is 22.0 Å².